The summed E-state index contributed by atoms with van der Waals surface area (Å²) in [4.78, 5) is 12.7. The molecule has 4 N–H and O–H groups in total. The summed E-state index contributed by atoms with van der Waals surface area (Å²) in [6, 6.07) is 0. The van der Waals surface area contributed by atoms with Crippen molar-refractivity contribution < 1.29 is 56.2 Å². The Balaban J connectivity index is 2.23. The zero-order chi connectivity index (χ0) is 43.2. The summed E-state index contributed by atoms with van der Waals surface area (Å²) >= 11 is 0. The molecule has 0 aromatic rings. The van der Waals surface area contributed by atoms with Gasteiger partial charge in [0.05, 0.1) is 19.8 Å². The van der Waals surface area contributed by atoms with Gasteiger partial charge in [0.25, 0.3) is 0 Å². The van der Waals surface area contributed by atoms with E-state index in [2.05, 4.69) is 66.6 Å². The Labute approximate surface area is 357 Å². The first-order valence-corrected chi connectivity index (χ1v) is 24.3. The molecule has 1 saturated heterocycles. The molecule has 0 saturated carbocycles. The van der Waals surface area contributed by atoms with Crippen LogP contribution in [0.3, 0.4) is 0 Å². The van der Waals surface area contributed by atoms with Crippen molar-refractivity contribution in [1.82, 2.24) is 0 Å². The number of allylic oxidation sites excluding steroid dienone is 8. The molecule has 1 rings (SSSR count). The fraction of sp³-hybridized carbons (Fsp3) is 0.804. The Bertz CT molecular complexity index is 1220. The van der Waals surface area contributed by atoms with Crippen molar-refractivity contribution in [2.45, 2.75) is 211 Å². The van der Waals surface area contributed by atoms with E-state index in [1.165, 1.54) is 70.6 Å². The number of hydrogen-bond donors (Lipinski definition) is 4. The van der Waals surface area contributed by atoms with Crippen molar-refractivity contribution in [3.05, 3.63) is 48.6 Å². The van der Waals surface area contributed by atoms with E-state index in [1.807, 2.05) is 0 Å². The molecule has 0 radical (unpaired) electrons. The lowest BCUT2D eigenvalue weighted by Crippen LogP contribution is -2.60. The number of hydrogen-bond acceptors (Lipinski definition) is 11. The van der Waals surface area contributed by atoms with Gasteiger partial charge in [-0.2, -0.15) is 8.42 Å². The third-order valence-corrected chi connectivity index (χ3v) is 10.7. The zero-order valence-electron chi connectivity index (χ0n) is 36.6. The summed E-state index contributed by atoms with van der Waals surface area (Å²) in [6.45, 7) is 3.79. The average molecular weight is 859 g/mol. The highest BCUT2D eigenvalue weighted by molar-refractivity contribution is 7.80. The molecule has 0 aromatic carbocycles. The van der Waals surface area contributed by atoms with Crippen molar-refractivity contribution >= 4 is 16.4 Å². The predicted octanol–water partition coefficient (Wildman–Crippen LogP) is 9.58. The van der Waals surface area contributed by atoms with Crippen LogP contribution in [0.2, 0.25) is 0 Å². The molecule has 1 aliphatic heterocycles. The minimum Gasteiger partial charge on any atom is -0.457 e. The molecule has 0 spiro atoms. The van der Waals surface area contributed by atoms with Crippen LogP contribution in [-0.4, -0.2) is 97.5 Å². The van der Waals surface area contributed by atoms with Gasteiger partial charge >= 0.3 is 16.4 Å². The van der Waals surface area contributed by atoms with Gasteiger partial charge in [0.1, 0.15) is 30.5 Å². The molecule has 12 nitrogen and oxygen atoms in total. The van der Waals surface area contributed by atoms with E-state index < -0.39 is 59.8 Å². The second kappa shape index (κ2) is 37.8. The summed E-state index contributed by atoms with van der Waals surface area (Å²) in [7, 11) is -5.06. The van der Waals surface area contributed by atoms with Gasteiger partial charge in [-0.1, -0.05) is 165 Å². The van der Waals surface area contributed by atoms with Crippen molar-refractivity contribution in [3.63, 3.8) is 0 Å². The molecule has 6 atom stereocenters. The minimum atomic E-state index is -5.06. The summed E-state index contributed by atoms with van der Waals surface area (Å²) in [5.74, 6) is -0.410. The molecule has 59 heavy (non-hydrogen) atoms. The van der Waals surface area contributed by atoms with Crippen LogP contribution >= 0.6 is 0 Å². The first-order valence-electron chi connectivity index (χ1n) is 22.9. The molecule has 1 aliphatic rings. The smallest absolute Gasteiger partial charge is 0.397 e. The van der Waals surface area contributed by atoms with Crippen molar-refractivity contribution in [1.29, 1.82) is 0 Å². The van der Waals surface area contributed by atoms with Gasteiger partial charge in [0.15, 0.2) is 6.29 Å². The molecular formula is C46H82O12S. The van der Waals surface area contributed by atoms with Crippen LogP contribution in [0, 0.1) is 0 Å². The highest BCUT2D eigenvalue weighted by Gasteiger charge is 2.48. The molecule has 6 unspecified atom stereocenters. The number of aliphatic hydroxyl groups is 3. The molecule has 0 aromatic heterocycles. The Kier molecular flexibility index (Phi) is 35.3. The standard InChI is InChI=1S/C46H82O12S/c1-3-5-7-9-11-12-13-14-15-16-17-18-19-20-21-22-23-24-25-26-27-28-29-30-32-34-36-54-38-40(56-42(48)35-33-31-10-8-6-4-2)39-55-46-44(50)45(58-59(51,52)53)43(49)41(37-47)57-46/h5,7,11-12,14-15,17-18,40-41,43-47,49-50H,3-4,6,8-10,13,16,19-39H2,1-2H3,(H,51,52,53)/b7-5-,12-11-,15-14-,18-17-. The normalized spacial score (nSPS) is 20.8. The molecule has 13 heteroatoms. The van der Waals surface area contributed by atoms with E-state index in [-0.39, 0.29) is 19.6 Å². The van der Waals surface area contributed by atoms with Gasteiger partial charge in [0.2, 0.25) is 0 Å². The minimum absolute atomic E-state index is 0.0351. The number of aliphatic hydroxyl groups excluding tert-OH is 3. The first-order chi connectivity index (χ1) is 28.6. The van der Waals surface area contributed by atoms with Crippen molar-refractivity contribution in [2.24, 2.45) is 0 Å². The maximum atomic E-state index is 12.7. The zero-order valence-corrected chi connectivity index (χ0v) is 37.4. The number of rotatable bonds is 39. The van der Waals surface area contributed by atoms with Crippen molar-refractivity contribution in [3.8, 4) is 0 Å². The second-order valence-electron chi connectivity index (χ2n) is 15.6. The lowest BCUT2D eigenvalue weighted by molar-refractivity contribution is -0.301. The Morgan fingerprint density at radius 3 is 1.71 bits per heavy atom. The van der Waals surface area contributed by atoms with Crippen LogP contribution in [0.1, 0.15) is 174 Å². The van der Waals surface area contributed by atoms with Gasteiger partial charge in [-0.15, -0.1) is 0 Å². The number of unbranched alkanes of at least 4 members (excludes halogenated alkanes) is 18. The van der Waals surface area contributed by atoms with E-state index in [4.69, 9.17) is 23.5 Å². The maximum absolute atomic E-state index is 12.7. The largest absolute Gasteiger partial charge is 0.457 e. The number of esters is 1. The fourth-order valence-electron chi connectivity index (χ4n) is 6.78. The van der Waals surface area contributed by atoms with Crippen LogP contribution in [0.5, 0.6) is 0 Å². The van der Waals surface area contributed by atoms with Crippen molar-refractivity contribution in [2.75, 3.05) is 26.4 Å². The second-order valence-corrected chi connectivity index (χ2v) is 16.7. The average Bonchev–Trinajstić information content (AvgIpc) is 3.21. The molecule has 0 amide bonds. The predicted molar refractivity (Wildman–Crippen MR) is 234 cm³/mol. The molecule has 344 valence electrons. The third kappa shape index (κ3) is 31.6. The highest BCUT2D eigenvalue weighted by Crippen LogP contribution is 2.26. The monoisotopic (exact) mass is 859 g/mol. The van der Waals surface area contributed by atoms with E-state index in [0.717, 1.165) is 77.0 Å². The Morgan fingerprint density at radius 1 is 0.661 bits per heavy atom. The lowest BCUT2D eigenvalue weighted by Gasteiger charge is -2.41. The molecule has 0 aliphatic carbocycles. The Hall–Kier alpha value is -1.94. The van der Waals surface area contributed by atoms with E-state index >= 15 is 0 Å². The van der Waals surface area contributed by atoms with Gasteiger partial charge in [-0.05, 0) is 51.4 Å². The molecule has 1 fully saturated rings. The SMILES string of the molecule is CC/C=C\C/C=C\C/C=C\C/C=C\CCCCCCCCCCCCCCCOCC(COC1OC(CO)C(O)C(OS(=O)(=O)O)C1O)OC(=O)CCCCCCCC. The van der Waals surface area contributed by atoms with Gasteiger partial charge < -0.3 is 34.3 Å². The number of carbonyl (C=O) groups excluding carboxylic acids is 1. The summed E-state index contributed by atoms with van der Waals surface area (Å²) in [6.07, 6.45) is 36.3. The summed E-state index contributed by atoms with van der Waals surface area (Å²) in [5, 5.41) is 30.5. The maximum Gasteiger partial charge on any atom is 0.397 e. The van der Waals surface area contributed by atoms with Gasteiger partial charge in [-0.25, -0.2) is 4.18 Å². The van der Waals surface area contributed by atoms with Crippen LogP contribution in [0.15, 0.2) is 48.6 Å². The highest BCUT2D eigenvalue weighted by atomic mass is 32.3. The topological polar surface area (TPSA) is 178 Å². The third-order valence-electron chi connectivity index (χ3n) is 10.2. The summed E-state index contributed by atoms with van der Waals surface area (Å²) < 4.78 is 58.8. The molecule has 1 heterocycles. The number of carbonyl (C=O) groups is 1. The van der Waals surface area contributed by atoms with Gasteiger partial charge in [0, 0.05) is 13.0 Å². The molecular weight excluding hydrogens is 777 g/mol. The van der Waals surface area contributed by atoms with Crippen LogP contribution in [-0.2, 0) is 38.3 Å². The van der Waals surface area contributed by atoms with Crippen LogP contribution in [0.25, 0.3) is 0 Å². The summed E-state index contributed by atoms with van der Waals surface area (Å²) in [5.41, 5.74) is 0. The van der Waals surface area contributed by atoms with Crippen LogP contribution in [0.4, 0.5) is 0 Å². The van der Waals surface area contributed by atoms with E-state index in [1.54, 1.807) is 0 Å². The number of ether oxygens (including phenoxy) is 4. The Morgan fingerprint density at radius 2 is 1.17 bits per heavy atom. The van der Waals surface area contributed by atoms with Crippen LogP contribution < -0.4 is 0 Å². The van der Waals surface area contributed by atoms with E-state index in [9.17, 15) is 28.5 Å². The fourth-order valence-corrected chi connectivity index (χ4v) is 7.29. The lowest BCUT2D eigenvalue weighted by atomic mass is 9.99. The first kappa shape index (κ1) is 55.1. The quantitative estimate of drug-likeness (QED) is 0.0199. The van der Waals surface area contributed by atoms with E-state index in [0.29, 0.717) is 13.0 Å². The van der Waals surface area contributed by atoms with Gasteiger partial charge in [-0.3, -0.25) is 9.35 Å². The molecule has 0 bridgehead atoms.